The van der Waals surface area contributed by atoms with E-state index in [9.17, 15) is 0 Å². The maximum atomic E-state index is 6.36. The van der Waals surface area contributed by atoms with Crippen molar-refractivity contribution in [3.63, 3.8) is 0 Å². The summed E-state index contributed by atoms with van der Waals surface area (Å²) >= 11 is 0. The van der Waals surface area contributed by atoms with Crippen LogP contribution in [0.5, 0.6) is 5.75 Å². The van der Waals surface area contributed by atoms with E-state index in [1.165, 1.54) is 24.9 Å². The molecule has 2 N–H and O–H groups in total. The van der Waals surface area contributed by atoms with Crippen molar-refractivity contribution in [2.24, 2.45) is 5.73 Å². The van der Waals surface area contributed by atoms with Gasteiger partial charge in [0.2, 0.25) is 0 Å². The zero-order valence-electron chi connectivity index (χ0n) is 12.1. The molecule has 0 saturated carbocycles. The molecule has 1 aromatic carbocycles. The molecule has 0 radical (unpaired) electrons. The molecule has 4 nitrogen and oxygen atoms in total. The van der Waals surface area contributed by atoms with Gasteiger partial charge in [0.1, 0.15) is 5.75 Å². The van der Waals surface area contributed by atoms with Crippen LogP contribution in [0.25, 0.3) is 0 Å². The van der Waals surface area contributed by atoms with Crippen LogP contribution in [0.2, 0.25) is 0 Å². The van der Waals surface area contributed by atoms with Crippen LogP contribution < -0.4 is 10.5 Å². The van der Waals surface area contributed by atoms with Crippen LogP contribution in [0.4, 0.5) is 0 Å². The van der Waals surface area contributed by atoms with E-state index in [0.717, 1.165) is 25.3 Å². The summed E-state index contributed by atoms with van der Waals surface area (Å²) in [5.74, 6) is 0.888. The van der Waals surface area contributed by atoms with Crippen LogP contribution in [0.1, 0.15) is 18.4 Å². The third kappa shape index (κ3) is 2.97. The van der Waals surface area contributed by atoms with Gasteiger partial charge in [-0.15, -0.1) is 0 Å². The smallest absolute Gasteiger partial charge is 0.119 e. The maximum Gasteiger partial charge on any atom is 0.119 e. The van der Waals surface area contributed by atoms with Gasteiger partial charge in [0.15, 0.2) is 0 Å². The first-order valence-corrected chi connectivity index (χ1v) is 7.50. The fraction of sp³-hybridized carbons (Fsp3) is 0.625. The summed E-state index contributed by atoms with van der Waals surface area (Å²) in [5.41, 5.74) is 7.57. The van der Waals surface area contributed by atoms with Crippen LogP contribution in [0.15, 0.2) is 24.3 Å². The van der Waals surface area contributed by atoms with E-state index in [1.54, 1.807) is 7.11 Å². The highest BCUT2D eigenvalue weighted by atomic mass is 16.5. The minimum Gasteiger partial charge on any atom is -0.497 e. The van der Waals surface area contributed by atoms with Crippen LogP contribution in [0.3, 0.4) is 0 Å². The van der Waals surface area contributed by atoms with Crippen molar-refractivity contribution in [3.8, 4) is 5.75 Å². The van der Waals surface area contributed by atoms with Crippen molar-refractivity contribution in [1.82, 2.24) is 4.90 Å². The van der Waals surface area contributed by atoms with Gasteiger partial charge in [-0.1, -0.05) is 12.1 Å². The Balaban J connectivity index is 1.59. The summed E-state index contributed by atoms with van der Waals surface area (Å²) in [5, 5.41) is 0. The molecule has 4 heteroatoms. The van der Waals surface area contributed by atoms with Crippen LogP contribution in [-0.2, 0) is 11.2 Å². The van der Waals surface area contributed by atoms with Crippen LogP contribution in [0, 0.1) is 0 Å². The lowest BCUT2D eigenvalue weighted by Gasteiger charge is -2.37. The topological polar surface area (TPSA) is 47.7 Å². The van der Waals surface area contributed by atoms with E-state index < -0.39 is 0 Å². The number of nitrogens with zero attached hydrogens (tertiary/aromatic N) is 1. The molecule has 0 aliphatic carbocycles. The molecule has 20 heavy (non-hydrogen) atoms. The molecule has 2 fully saturated rings. The monoisotopic (exact) mass is 276 g/mol. The molecule has 2 heterocycles. The Morgan fingerprint density at radius 1 is 1.50 bits per heavy atom. The maximum absolute atomic E-state index is 6.36. The van der Waals surface area contributed by atoms with Gasteiger partial charge in [0, 0.05) is 18.6 Å². The average molecular weight is 276 g/mol. The molecule has 0 spiro atoms. The van der Waals surface area contributed by atoms with Gasteiger partial charge >= 0.3 is 0 Å². The number of nitrogens with two attached hydrogens (primary N) is 1. The molecule has 2 aliphatic rings. The molecular formula is C16H24N2O2. The van der Waals surface area contributed by atoms with Gasteiger partial charge in [-0.3, -0.25) is 4.90 Å². The number of hydrogen-bond donors (Lipinski definition) is 1. The number of hydrogen-bond acceptors (Lipinski definition) is 4. The highest BCUT2D eigenvalue weighted by Crippen LogP contribution is 2.24. The average Bonchev–Trinajstić information content (AvgIpc) is 2.94. The van der Waals surface area contributed by atoms with Crippen molar-refractivity contribution in [2.45, 2.75) is 37.5 Å². The Morgan fingerprint density at radius 3 is 3.25 bits per heavy atom. The highest BCUT2D eigenvalue weighted by Gasteiger charge is 2.34. The van der Waals surface area contributed by atoms with E-state index in [0.29, 0.717) is 6.04 Å². The van der Waals surface area contributed by atoms with Crippen molar-refractivity contribution in [1.29, 1.82) is 0 Å². The number of ether oxygens (including phenoxy) is 2. The fourth-order valence-corrected chi connectivity index (χ4v) is 3.30. The molecule has 3 unspecified atom stereocenters. The normalized spacial score (nSPS) is 28.1. The van der Waals surface area contributed by atoms with Crippen molar-refractivity contribution in [3.05, 3.63) is 29.8 Å². The summed E-state index contributed by atoms with van der Waals surface area (Å²) < 4.78 is 11.2. The van der Waals surface area contributed by atoms with Crippen LogP contribution in [-0.4, -0.2) is 49.9 Å². The van der Waals surface area contributed by atoms with E-state index in [4.69, 9.17) is 15.2 Å². The third-order valence-corrected chi connectivity index (χ3v) is 4.50. The molecule has 0 amide bonds. The number of rotatable bonds is 4. The van der Waals surface area contributed by atoms with Gasteiger partial charge in [-0.2, -0.15) is 0 Å². The van der Waals surface area contributed by atoms with Crippen molar-refractivity contribution < 1.29 is 9.47 Å². The molecule has 3 rings (SSSR count). The second kappa shape index (κ2) is 6.12. The molecule has 3 atom stereocenters. The quantitative estimate of drug-likeness (QED) is 0.904. The van der Waals surface area contributed by atoms with Gasteiger partial charge in [-0.05, 0) is 43.5 Å². The number of methoxy groups -OCH3 is 1. The Morgan fingerprint density at radius 2 is 2.40 bits per heavy atom. The Kier molecular flexibility index (Phi) is 4.24. The first-order chi connectivity index (χ1) is 9.76. The molecule has 2 saturated heterocycles. The Labute approximate surface area is 120 Å². The second-order valence-electron chi connectivity index (χ2n) is 5.88. The first-order valence-electron chi connectivity index (χ1n) is 7.50. The molecule has 0 aromatic heterocycles. The van der Waals surface area contributed by atoms with Gasteiger partial charge < -0.3 is 15.2 Å². The summed E-state index contributed by atoms with van der Waals surface area (Å²) in [6, 6.07) is 8.81. The first kappa shape index (κ1) is 13.9. The second-order valence-corrected chi connectivity index (χ2v) is 5.88. The molecular weight excluding hydrogens is 252 g/mol. The Hall–Kier alpha value is -1.10. The summed E-state index contributed by atoms with van der Waals surface area (Å²) in [7, 11) is 1.69. The van der Waals surface area contributed by atoms with E-state index in [2.05, 4.69) is 17.0 Å². The summed E-state index contributed by atoms with van der Waals surface area (Å²) in [4.78, 5) is 2.54. The summed E-state index contributed by atoms with van der Waals surface area (Å²) in [6.07, 6.45) is 3.56. The number of benzene rings is 1. The summed E-state index contributed by atoms with van der Waals surface area (Å²) in [6.45, 7) is 3.03. The van der Waals surface area contributed by atoms with E-state index >= 15 is 0 Å². The van der Waals surface area contributed by atoms with Crippen molar-refractivity contribution >= 4 is 0 Å². The predicted molar refractivity (Wildman–Crippen MR) is 79.0 cm³/mol. The number of fused-ring (bicyclic) bond motifs is 1. The Bertz CT molecular complexity index is 452. The lowest BCUT2D eigenvalue weighted by atomic mass is 10.00. The standard InChI is InChI=1S/C16H24N2O2/c1-19-14-6-2-4-12(8-14)9-15(17)16-10-18-7-3-5-13(18)11-20-16/h2,4,6,8,13,15-16H,3,5,7,9-11,17H2,1H3. The minimum atomic E-state index is 0.0451. The fourth-order valence-electron chi connectivity index (χ4n) is 3.30. The lowest BCUT2D eigenvalue weighted by Crippen LogP contribution is -2.53. The SMILES string of the molecule is COc1cccc(CC(N)C2CN3CCCC3CO2)c1. The zero-order valence-corrected chi connectivity index (χ0v) is 12.1. The zero-order chi connectivity index (χ0) is 13.9. The highest BCUT2D eigenvalue weighted by molar-refractivity contribution is 5.29. The largest absolute Gasteiger partial charge is 0.497 e. The van der Waals surface area contributed by atoms with E-state index in [-0.39, 0.29) is 12.1 Å². The van der Waals surface area contributed by atoms with Gasteiger partial charge in [-0.25, -0.2) is 0 Å². The van der Waals surface area contributed by atoms with Gasteiger partial charge in [0.25, 0.3) is 0 Å². The molecule has 2 aliphatic heterocycles. The number of morpholine rings is 1. The lowest BCUT2D eigenvalue weighted by molar-refractivity contribution is -0.0589. The van der Waals surface area contributed by atoms with Crippen molar-refractivity contribution in [2.75, 3.05) is 26.8 Å². The molecule has 110 valence electrons. The minimum absolute atomic E-state index is 0.0451. The van der Waals surface area contributed by atoms with Gasteiger partial charge in [0.05, 0.1) is 19.8 Å². The molecule has 1 aromatic rings. The predicted octanol–water partition coefficient (Wildman–Crippen LogP) is 1.43. The molecule has 0 bridgehead atoms. The van der Waals surface area contributed by atoms with Crippen LogP contribution >= 0.6 is 0 Å². The van der Waals surface area contributed by atoms with E-state index in [1.807, 2.05) is 12.1 Å². The third-order valence-electron chi connectivity index (χ3n) is 4.50.